The van der Waals surface area contributed by atoms with Crippen LogP contribution in [0.5, 0.6) is 5.75 Å². The number of aromatic nitrogens is 1. The van der Waals surface area contributed by atoms with E-state index < -0.39 is 34.1 Å². The molecule has 2 aromatic rings. The van der Waals surface area contributed by atoms with Gasteiger partial charge in [-0.15, -0.1) is 0 Å². The quantitative estimate of drug-likeness (QED) is 0.733. The summed E-state index contributed by atoms with van der Waals surface area (Å²) in [6, 6.07) is 3.19. The number of nitrogens with one attached hydrogen (secondary N) is 2. The SMILES string of the molecule is CS(=O)(=O)N[C@H]1CC[C@H](NC(=O)c2cnc3cc(OC(F)F)c(F)cc3c2)CC1. The van der Waals surface area contributed by atoms with Gasteiger partial charge in [-0.05, 0) is 37.8 Å². The van der Waals surface area contributed by atoms with Gasteiger partial charge in [0.15, 0.2) is 11.6 Å². The molecule has 1 aliphatic rings. The Morgan fingerprint density at radius 3 is 2.45 bits per heavy atom. The van der Waals surface area contributed by atoms with Gasteiger partial charge in [0.1, 0.15) is 0 Å². The molecule has 7 nitrogen and oxygen atoms in total. The van der Waals surface area contributed by atoms with Gasteiger partial charge in [0.25, 0.3) is 5.91 Å². The number of ether oxygens (including phenoxy) is 1. The van der Waals surface area contributed by atoms with Crippen molar-refractivity contribution in [3.8, 4) is 5.75 Å². The van der Waals surface area contributed by atoms with Gasteiger partial charge in [-0.3, -0.25) is 9.78 Å². The maximum atomic E-state index is 13.9. The van der Waals surface area contributed by atoms with E-state index in [2.05, 4.69) is 19.8 Å². The summed E-state index contributed by atoms with van der Waals surface area (Å²) in [5.74, 6) is -1.99. The molecule has 158 valence electrons. The lowest BCUT2D eigenvalue weighted by Gasteiger charge is -2.29. The lowest BCUT2D eigenvalue weighted by atomic mass is 9.91. The number of halogens is 3. The van der Waals surface area contributed by atoms with Crippen LogP contribution in [0.25, 0.3) is 10.9 Å². The van der Waals surface area contributed by atoms with Crippen LogP contribution in [0.15, 0.2) is 24.4 Å². The van der Waals surface area contributed by atoms with Crippen LogP contribution >= 0.6 is 0 Å². The number of benzene rings is 1. The maximum Gasteiger partial charge on any atom is 0.387 e. The molecule has 0 saturated heterocycles. The van der Waals surface area contributed by atoms with E-state index in [1.54, 1.807) is 0 Å². The summed E-state index contributed by atoms with van der Waals surface area (Å²) >= 11 is 0. The summed E-state index contributed by atoms with van der Waals surface area (Å²) in [5.41, 5.74) is 0.418. The first kappa shape index (κ1) is 21.3. The van der Waals surface area contributed by atoms with Gasteiger partial charge in [0.05, 0.1) is 17.3 Å². The number of amides is 1. The number of hydrogen-bond acceptors (Lipinski definition) is 5. The molecule has 0 unspecified atom stereocenters. The number of carbonyl (C=O) groups is 1. The van der Waals surface area contributed by atoms with Gasteiger partial charge < -0.3 is 10.1 Å². The smallest absolute Gasteiger partial charge is 0.387 e. The first-order valence-corrected chi connectivity index (χ1v) is 10.8. The minimum atomic E-state index is -3.27. The summed E-state index contributed by atoms with van der Waals surface area (Å²) < 4.78 is 67.7. The summed E-state index contributed by atoms with van der Waals surface area (Å²) in [7, 11) is -3.27. The van der Waals surface area contributed by atoms with Crippen molar-refractivity contribution in [1.82, 2.24) is 15.0 Å². The first-order valence-electron chi connectivity index (χ1n) is 8.93. The summed E-state index contributed by atoms with van der Waals surface area (Å²) in [6.07, 6.45) is 4.82. The van der Waals surface area contributed by atoms with Crippen LogP contribution < -0.4 is 14.8 Å². The Hall–Kier alpha value is -2.40. The summed E-state index contributed by atoms with van der Waals surface area (Å²) in [6.45, 7) is -3.16. The molecule has 1 aromatic heterocycles. The predicted octanol–water partition coefficient (Wildman–Crippen LogP) is 2.57. The fraction of sp³-hybridized carbons (Fsp3) is 0.444. The van der Waals surface area contributed by atoms with Crippen LogP contribution in [0.4, 0.5) is 13.2 Å². The van der Waals surface area contributed by atoms with E-state index in [1.165, 1.54) is 12.3 Å². The van der Waals surface area contributed by atoms with Crippen LogP contribution in [0.2, 0.25) is 0 Å². The van der Waals surface area contributed by atoms with Gasteiger partial charge in [-0.25, -0.2) is 17.5 Å². The molecule has 1 aliphatic carbocycles. The van der Waals surface area contributed by atoms with E-state index in [-0.39, 0.29) is 28.6 Å². The molecule has 1 amide bonds. The number of nitrogens with zero attached hydrogens (tertiary/aromatic N) is 1. The summed E-state index contributed by atoms with van der Waals surface area (Å²) in [4.78, 5) is 16.5. The average Bonchev–Trinajstić information content (AvgIpc) is 2.62. The van der Waals surface area contributed by atoms with E-state index >= 15 is 0 Å². The molecule has 0 aliphatic heterocycles. The highest BCUT2D eigenvalue weighted by molar-refractivity contribution is 7.88. The number of alkyl halides is 2. The second kappa shape index (κ2) is 8.54. The molecule has 0 atom stereocenters. The molecule has 0 radical (unpaired) electrons. The molecule has 1 fully saturated rings. The van der Waals surface area contributed by atoms with Crippen molar-refractivity contribution in [1.29, 1.82) is 0 Å². The Balaban J connectivity index is 1.65. The molecule has 1 heterocycles. The lowest BCUT2D eigenvalue weighted by Crippen LogP contribution is -2.43. The van der Waals surface area contributed by atoms with Gasteiger partial charge in [0.2, 0.25) is 10.0 Å². The van der Waals surface area contributed by atoms with Crippen LogP contribution in [-0.2, 0) is 10.0 Å². The van der Waals surface area contributed by atoms with Crippen molar-refractivity contribution in [3.05, 3.63) is 35.8 Å². The zero-order valence-electron chi connectivity index (χ0n) is 15.5. The van der Waals surface area contributed by atoms with Gasteiger partial charge >= 0.3 is 6.61 Å². The molecule has 29 heavy (non-hydrogen) atoms. The first-order chi connectivity index (χ1) is 13.6. The zero-order valence-corrected chi connectivity index (χ0v) is 16.3. The second-order valence-electron chi connectivity index (χ2n) is 6.99. The van der Waals surface area contributed by atoms with E-state index in [4.69, 9.17) is 0 Å². The Morgan fingerprint density at radius 1 is 1.17 bits per heavy atom. The van der Waals surface area contributed by atoms with E-state index in [9.17, 15) is 26.4 Å². The van der Waals surface area contributed by atoms with Crippen molar-refractivity contribution >= 4 is 26.8 Å². The van der Waals surface area contributed by atoms with Crippen molar-refractivity contribution in [2.75, 3.05) is 6.26 Å². The van der Waals surface area contributed by atoms with Crippen LogP contribution in [0, 0.1) is 5.82 Å². The standard InChI is InChI=1S/C18H20F3N3O4S/c1-29(26,27)24-13-4-2-12(3-5-13)23-17(25)11-6-10-7-14(19)16(28-18(20)21)8-15(10)22-9-11/h6-9,12-13,18,24H,2-5H2,1H3,(H,23,25)/t12-,13-. The minimum Gasteiger partial charge on any atom is -0.432 e. The molecule has 3 rings (SSSR count). The highest BCUT2D eigenvalue weighted by Gasteiger charge is 2.24. The predicted molar refractivity (Wildman–Crippen MR) is 99.8 cm³/mol. The topological polar surface area (TPSA) is 97.4 Å². The largest absolute Gasteiger partial charge is 0.432 e. The third kappa shape index (κ3) is 5.80. The van der Waals surface area contributed by atoms with Gasteiger partial charge in [-0.1, -0.05) is 0 Å². The maximum absolute atomic E-state index is 13.9. The number of pyridine rings is 1. The second-order valence-corrected chi connectivity index (χ2v) is 8.77. The number of hydrogen-bond donors (Lipinski definition) is 2. The fourth-order valence-electron chi connectivity index (χ4n) is 3.37. The molecule has 0 bridgehead atoms. The number of rotatable bonds is 6. The van der Waals surface area contributed by atoms with Gasteiger partial charge in [0, 0.05) is 29.7 Å². The van der Waals surface area contributed by atoms with Crippen molar-refractivity contribution in [2.45, 2.75) is 44.4 Å². The van der Waals surface area contributed by atoms with Gasteiger partial charge in [-0.2, -0.15) is 8.78 Å². The molecule has 0 spiro atoms. The third-order valence-corrected chi connectivity index (χ3v) is 5.42. The van der Waals surface area contributed by atoms with E-state index in [1.807, 2.05) is 0 Å². The van der Waals surface area contributed by atoms with Crippen LogP contribution in [-0.4, -0.2) is 44.3 Å². The number of fused-ring (bicyclic) bond motifs is 1. The fourth-order valence-corrected chi connectivity index (χ4v) is 4.21. The molecule has 2 N–H and O–H groups in total. The Bertz CT molecular complexity index is 1010. The third-order valence-electron chi connectivity index (χ3n) is 4.66. The van der Waals surface area contributed by atoms with Crippen molar-refractivity contribution in [3.63, 3.8) is 0 Å². The highest BCUT2D eigenvalue weighted by atomic mass is 32.2. The van der Waals surface area contributed by atoms with E-state index in [0.29, 0.717) is 25.7 Å². The molecule has 1 aromatic carbocycles. The number of carbonyl (C=O) groups excluding carboxylic acids is 1. The monoisotopic (exact) mass is 431 g/mol. The average molecular weight is 431 g/mol. The van der Waals surface area contributed by atoms with Crippen LogP contribution in [0.3, 0.4) is 0 Å². The Labute approximate surface area is 165 Å². The van der Waals surface area contributed by atoms with Crippen molar-refractivity contribution in [2.24, 2.45) is 0 Å². The highest BCUT2D eigenvalue weighted by Crippen LogP contribution is 2.26. The molecular weight excluding hydrogens is 411 g/mol. The Kier molecular flexibility index (Phi) is 6.27. The molecule has 11 heteroatoms. The minimum absolute atomic E-state index is 0.116. The molecule has 1 saturated carbocycles. The summed E-state index contributed by atoms with van der Waals surface area (Å²) in [5, 5.41) is 3.14. The lowest BCUT2D eigenvalue weighted by molar-refractivity contribution is -0.0520. The number of sulfonamides is 1. The normalized spacial score (nSPS) is 20.0. The van der Waals surface area contributed by atoms with Crippen LogP contribution in [0.1, 0.15) is 36.0 Å². The molecular formula is C18H20F3N3O4S. The zero-order chi connectivity index (χ0) is 21.2. The van der Waals surface area contributed by atoms with E-state index in [0.717, 1.165) is 18.4 Å². The Morgan fingerprint density at radius 2 is 1.83 bits per heavy atom. The van der Waals surface area contributed by atoms with Crippen molar-refractivity contribution < 1.29 is 31.1 Å².